The monoisotopic (exact) mass is 219 g/mol. The molecule has 1 N–H and O–H groups in total. The summed E-state index contributed by atoms with van der Waals surface area (Å²) in [4.78, 5) is 18.3. The molecule has 0 amide bonds. The zero-order valence-electron chi connectivity index (χ0n) is 7.93. The minimum atomic E-state index is -0.205. The first-order chi connectivity index (χ1) is 7.24. The van der Waals surface area contributed by atoms with Gasteiger partial charge in [0.25, 0.3) is 5.56 Å². The van der Waals surface area contributed by atoms with E-state index in [1.807, 2.05) is 0 Å². The van der Waals surface area contributed by atoms with Gasteiger partial charge in [0.1, 0.15) is 5.65 Å². The molecule has 2 heterocycles. The highest BCUT2D eigenvalue weighted by Gasteiger charge is 2.03. The van der Waals surface area contributed by atoms with Crippen LogP contribution >= 0.6 is 12.2 Å². The van der Waals surface area contributed by atoms with Crippen LogP contribution in [0.1, 0.15) is 0 Å². The number of rotatable bonds is 2. The number of allylic oxidation sites excluding steroid dienone is 1. The van der Waals surface area contributed by atoms with Gasteiger partial charge in [0, 0.05) is 12.7 Å². The summed E-state index contributed by atoms with van der Waals surface area (Å²) in [6.07, 6.45) is 3.35. The van der Waals surface area contributed by atoms with Crippen LogP contribution in [-0.4, -0.2) is 14.5 Å². The number of aromatic nitrogens is 3. The Kier molecular flexibility index (Phi) is 2.47. The molecule has 0 saturated heterocycles. The third kappa shape index (κ3) is 1.61. The van der Waals surface area contributed by atoms with E-state index in [9.17, 15) is 4.79 Å². The van der Waals surface area contributed by atoms with Crippen molar-refractivity contribution in [3.8, 4) is 0 Å². The lowest BCUT2D eigenvalue weighted by atomic mass is 10.3. The van der Waals surface area contributed by atoms with Crippen molar-refractivity contribution in [1.29, 1.82) is 0 Å². The Morgan fingerprint density at radius 2 is 2.47 bits per heavy atom. The first kappa shape index (κ1) is 9.79. The maximum absolute atomic E-state index is 11.6. The molecule has 0 radical (unpaired) electrons. The van der Waals surface area contributed by atoms with Crippen LogP contribution in [0.5, 0.6) is 0 Å². The van der Waals surface area contributed by atoms with Crippen LogP contribution in [0.15, 0.2) is 35.8 Å². The van der Waals surface area contributed by atoms with Crippen LogP contribution in [0.4, 0.5) is 0 Å². The highest BCUT2D eigenvalue weighted by Crippen LogP contribution is 2.05. The van der Waals surface area contributed by atoms with E-state index in [0.717, 1.165) is 0 Å². The third-order valence-corrected chi connectivity index (χ3v) is 2.39. The van der Waals surface area contributed by atoms with Gasteiger partial charge in [-0.1, -0.05) is 6.08 Å². The summed E-state index contributed by atoms with van der Waals surface area (Å²) >= 11 is 5.05. The zero-order chi connectivity index (χ0) is 10.8. The summed E-state index contributed by atoms with van der Waals surface area (Å²) in [5, 5.41) is 0.535. The summed E-state index contributed by atoms with van der Waals surface area (Å²) in [5.74, 6) is 0. The number of pyridine rings is 1. The van der Waals surface area contributed by atoms with Gasteiger partial charge in [-0.05, 0) is 24.4 Å². The molecule has 5 heteroatoms. The van der Waals surface area contributed by atoms with E-state index in [1.54, 1.807) is 29.0 Å². The third-order valence-electron chi connectivity index (χ3n) is 2.06. The predicted octanol–water partition coefficient (Wildman–Crippen LogP) is 1.64. The van der Waals surface area contributed by atoms with Gasteiger partial charge in [0.05, 0.1) is 5.39 Å². The van der Waals surface area contributed by atoms with Crippen molar-refractivity contribution < 1.29 is 0 Å². The first-order valence-electron chi connectivity index (χ1n) is 4.43. The number of hydrogen-bond donors (Lipinski definition) is 1. The quantitative estimate of drug-likeness (QED) is 0.617. The highest BCUT2D eigenvalue weighted by atomic mass is 32.1. The lowest BCUT2D eigenvalue weighted by molar-refractivity contribution is 0.791. The first-order valence-corrected chi connectivity index (χ1v) is 4.83. The van der Waals surface area contributed by atoms with E-state index < -0.39 is 0 Å². The summed E-state index contributed by atoms with van der Waals surface area (Å²) in [6, 6.07) is 3.44. The van der Waals surface area contributed by atoms with Crippen molar-refractivity contribution in [2.24, 2.45) is 0 Å². The molecule has 0 saturated carbocycles. The maximum atomic E-state index is 11.6. The molecule has 0 atom stereocenters. The van der Waals surface area contributed by atoms with Gasteiger partial charge in [-0.2, -0.15) is 0 Å². The Labute approximate surface area is 90.9 Å². The Bertz CT molecular complexity index is 626. The molecule has 2 aromatic heterocycles. The second-order valence-electron chi connectivity index (χ2n) is 3.03. The Morgan fingerprint density at radius 1 is 1.67 bits per heavy atom. The average molecular weight is 219 g/mol. The molecule has 76 valence electrons. The van der Waals surface area contributed by atoms with Crippen LogP contribution in [-0.2, 0) is 6.54 Å². The number of aromatic amines is 1. The summed E-state index contributed by atoms with van der Waals surface area (Å²) in [5.41, 5.74) is 0.384. The van der Waals surface area contributed by atoms with E-state index in [4.69, 9.17) is 12.2 Å². The molecule has 0 aliphatic heterocycles. The second kappa shape index (κ2) is 3.78. The molecule has 2 rings (SSSR count). The number of hydrogen-bond acceptors (Lipinski definition) is 3. The van der Waals surface area contributed by atoms with Crippen molar-refractivity contribution in [1.82, 2.24) is 14.5 Å². The molecule has 0 unspecified atom stereocenters. The van der Waals surface area contributed by atoms with E-state index >= 15 is 0 Å². The van der Waals surface area contributed by atoms with Crippen LogP contribution < -0.4 is 5.56 Å². The van der Waals surface area contributed by atoms with Gasteiger partial charge in [-0.25, -0.2) is 4.98 Å². The molecule has 0 aliphatic rings. The van der Waals surface area contributed by atoms with E-state index in [1.165, 1.54) is 0 Å². The van der Waals surface area contributed by atoms with E-state index in [2.05, 4.69) is 16.5 Å². The molecular weight excluding hydrogens is 210 g/mol. The van der Waals surface area contributed by atoms with Crippen molar-refractivity contribution in [3.05, 3.63) is 46.1 Å². The fourth-order valence-corrected chi connectivity index (χ4v) is 1.67. The van der Waals surface area contributed by atoms with Crippen molar-refractivity contribution in [2.45, 2.75) is 6.54 Å². The molecule has 0 spiro atoms. The van der Waals surface area contributed by atoms with Gasteiger partial charge in [0.2, 0.25) is 0 Å². The predicted molar refractivity (Wildman–Crippen MR) is 61.4 cm³/mol. The molecule has 2 aromatic rings. The summed E-state index contributed by atoms with van der Waals surface area (Å²) < 4.78 is 2.10. The highest BCUT2D eigenvalue weighted by molar-refractivity contribution is 7.71. The Balaban J connectivity index is 2.96. The lowest BCUT2D eigenvalue weighted by Crippen LogP contribution is -2.14. The number of nitrogens with one attached hydrogen (secondary N) is 1. The van der Waals surface area contributed by atoms with Gasteiger partial charge < -0.3 is 0 Å². The maximum Gasteiger partial charge on any atom is 0.261 e. The molecule has 15 heavy (non-hydrogen) atoms. The topological polar surface area (TPSA) is 50.7 Å². The minimum absolute atomic E-state index is 0.205. The van der Waals surface area contributed by atoms with Gasteiger partial charge in [-0.15, -0.1) is 6.58 Å². The number of nitrogens with zero attached hydrogens (tertiary/aromatic N) is 2. The standard InChI is InChI=1S/C10H9N3OS/c1-2-6-13-8-7(4-3-5-11-8)9(14)12-10(13)15/h2-5H,1,6H2,(H,12,14,15). The van der Waals surface area contributed by atoms with Crippen LogP contribution in [0.25, 0.3) is 11.0 Å². The smallest absolute Gasteiger partial charge is 0.261 e. The largest absolute Gasteiger partial charge is 0.299 e. The molecule has 4 nitrogen and oxygen atoms in total. The molecule has 0 fully saturated rings. The normalized spacial score (nSPS) is 10.4. The Hall–Kier alpha value is -1.75. The van der Waals surface area contributed by atoms with E-state index in [-0.39, 0.29) is 5.56 Å². The summed E-state index contributed by atoms with van der Waals surface area (Å²) in [6.45, 7) is 4.17. The molecule has 0 bridgehead atoms. The average Bonchev–Trinajstić information content (AvgIpc) is 2.24. The number of H-pyrrole nitrogens is 1. The Morgan fingerprint density at radius 3 is 3.20 bits per heavy atom. The van der Waals surface area contributed by atoms with Gasteiger partial charge in [0.15, 0.2) is 4.77 Å². The SMILES string of the molecule is C=CCn1c(=S)[nH]c(=O)c2cccnc21. The van der Waals surface area contributed by atoms with E-state index in [0.29, 0.717) is 22.3 Å². The molecule has 0 aliphatic carbocycles. The van der Waals surface area contributed by atoms with Crippen molar-refractivity contribution in [3.63, 3.8) is 0 Å². The van der Waals surface area contributed by atoms with Gasteiger partial charge >= 0.3 is 0 Å². The molecular formula is C10H9N3OS. The summed E-state index contributed by atoms with van der Waals surface area (Å²) in [7, 11) is 0. The zero-order valence-corrected chi connectivity index (χ0v) is 8.75. The van der Waals surface area contributed by atoms with Crippen LogP contribution in [0, 0.1) is 4.77 Å². The lowest BCUT2D eigenvalue weighted by Gasteiger charge is -2.06. The minimum Gasteiger partial charge on any atom is -0.299 e. The second-order valence-corrected chi connectivity index (χ2v) is 3.42. The van der Waals surface area contributed by atoms with Crippen molar-refractivity contribution in [2.75, 3.05) is 0 Å². The van der Waals surface area contributed by atoms with Crippen LogP contribution in [0.3, 0.4) is 0 Å². The fraction of sp³-hybridized carbons (Fsp3) is 0.100. The van der Waals surface area contributed by atoms with Crippen molar-refractivity contribution >= 4 is 23.3 Å². The fourth-order valence-electron chi connectivity index (χ4n) is 1.42. The number of fused-ring (bicyclic) bond motifs is 1. The van der Waals surface area contributed by atoms with Gasteiger partial charge in [-0.3, -0.25) is 14.3 Å². The van der Waals surface area contributed by atoms with Crippen LogP contribution in [0.2, 0.25) is 0 Å². The molecule has 0 aromatic carbocycles.